The van der Waals surface area contributed by atoms with Crippen molar-refractivity contribution in [3.8, 4) is 0 Å². The van der Waals surface area contributed by atoms with Gasteiger partial charge in [-0.15, -0.1) is 0 Å². The minimum absolute atomic E-state index is 0.254. The summed E-state index contributed by atoms with van der Waals surface area (Å²) in [4.78, 5) is 18.7. The van der Waals surface area contributed by atoms with Gasteiger partial charge >= 0.3 is 6.09 Å². The largest absolute Gasteiger partial charge is 0.444 e. The molecule has 1 saturated heterocycles. The van der Waals surface area contributed by atoms with E-state index >= 15 is 0 Å². The van der Waals surface area contributed by atoms with E-state index in [0.29, 0.717) is 12.6 Å². The van der Waals surface area contributed by atoms with Crippen molar-refractivity contribution in [1.29, 1.82) is 0 Å². The van der Waals surface area contributed by atoms with Crippen LogP contribution in [0, 0.1) is 0 Å². The third-order valence-electron chi connectivity index (χ3n) is 4.30. The topological polar surface area (TPSA) is 36.0 Å². The number of ether oxygens (including phenoxy) is 1. The van der Waals surface area contributed by atoms with Gasteiger partial charge in [0.25, 0.3) is 0 Å². The lowest BCUT2D eigenvalue weighted by atomic mass is 10.1. The third kappa shape index (κ3) is 5.80. The van der Waals surface area contributed by atoms with E-state index in [2.05, 4.69) is 41.1 Å². The number of nitrogens with zero attached hydrogens (tertiary/aromatic N) is 3. The van der Waals surface area contributed by atoms with Gasteiger partial charge < -0.3 is 9.64 Å². The van der Waals surface area contributed by atoms with Gasteiger partial charge in [0.2, 0.25) is 0 Å². The molecule has 0 N–H and O–H groups in total. The summed E-state index contributed by atoms with van der Waals surface area (Å²) in [5.74, 6) is 0. The Balaban J connectivity index is 1.90. The van der Waals surface area contributed by atoms with Crippen LogP contribution in [0.25, 0.3) is 0 Å². The Morgan fingerprint density at radius 1 is 1.25 bits per heavy atom. The van der Waals surface area contributed by atoms with Crippen LogP contribution in [0.5, 0.6) is 0 Å². The highest BCUT2D eigenvalue weighted by Gasteiger charge is 2.28. The molecule has 2 rings (SSSR count). The van der Waals surface area contributed by atoms with E-state index in [1.165, 1.54) is 5.56 Å². The summed E-state index contributed by atoms with van der Waals surface area (Å²) in [7, 11) is 3.95. The average molecular weight is 333 g/mol. The highest BCUT2D eigenvalue weighted by Crippen LogP contribution is 2.14. The molecule has 0 unspecified atom stereocenters. The quantitative estimate of drug-likeness (QED) is 0.849. The normalized spacial score (nSPS) is 20.0. The lowest BCUT2D eigenvalue weighted by molar-refractivity contribution is 0.0177. The van der Waals surface area contributed by atoms with E-state index in [0.717, 1.165) is 26.2 Å². The maximum absolute atomic E-state index is 12.2. The van der Waals surface area contributed by atoms with Crippen molar-refractivity contribution in [2.24, 2.45) is 0 Å². The minimum atomic E-state index is -0.455. The van der Waals surface area contributed by atoms with Crippen LogP contribution in [0.4, 0.5) is 4.79 Å². The molecule has 1 aliphatic rings. The molecule has 1 aliphatic heterocycles. The smallest absolute Gasteiger partial charge is 0.410 e. The van der Waals surface area contributed by atoms with Crippen LogP contribution in [0.1, 0.15) is 26.3 Å². The fraction of sp³-hybridized carbons (Fsp3) is 0.632. The molecule has 5 heteroatoms. The van der Waals surface area contributed by atoms with Gasteiger partial charge in [-0.2, -0.15) is 0 Å². The van der Waals surface area contributed by atoms with Crippen LogP contribution >= 0.6 is 0 Å². The number of piperazine rings is 1. The number of carbonyl (C=O) groups is 1. The van der Waals surface area contributed by atoms with E-state index < -0.39 is 5.60 Å². The summed E-state index contributed by atoms with van der Waals surface area (Å²) in [6, 6.07) is 10.9. The SMILES string of the molecule is CN(C[C@H]1CN(Cc2ccccc2)CCN1C)C(=O)OC(C)(C)C. The van der Waals surface area contributed by atoms with Crippen LogP contribution < -0.4 is 0 Å². The second kappa shape index (κ2) is 7.99. The van der Waals surface area contributed by atoms with Crippen molar-refractivity contribution in [3.63, 3.8) is 0 Å². The number of likely N-dealkylation sites (N-methyl/N-ethyl adjacent to an activating group) is 2. The molecule has 1 amide bonds. The Kier molecular flexibility index (Phi) is 6.24. The summed E-state index contributed by atoms with van der Waals surface area (Å²) in [6.07, 6.45) is -0.254. The second-order valence-electron chi connectivity index (χ2n) is 7.72. The zero-order valence-electron chi connectivity index (χ0n) is 15.7. The first kappa shape index (κ1) is 18.7. The molecule has 0 radical (unpaired) electrons. The molecule has 1 aromatic carbocycles. The predicted octanol–water partition coefficient (Wildman–Crippen LogP) is 2.67. The molecule has 1 fully saturated rings. The van der Waals surface area contributed by atoms with E-state index in [1.54, 1.807) is 4.90 Å². The van der Waals surface area contributed by atoms with Crippen molar-refractivity contribution < 1.29 is 9.53 Å². The number of hydrogen-bond donors (Lipinski definition) is 0. The maximum Gasteiger partial charge on any atom is 0.410 e. The van der Waals surface area contributed by atoms with Crippen molar-refractivity contribution in [3.05, 3.63) is 35.9 Å². The third-order valence-corrected chi connectivity index (χ3v) is 4.30. The van der Waals surface area contributed by atoms with Crippen LogP contribution in [0.2, 0.25) is 0 Å². The second-order valence-corrected chi connectivity index (χ2v) is 7.72. The molecule has 24 heavy (non-hydrogen) atoms. The molecule has 1 aromatic rings. The van der Waals surface area contributed by atoms with E-state index in [9.17, 15) is 4.79 Å². The van der Waals surface area contributed by atoms with Gasteiger partial charge in [0.15, 0.2) is 0 Å². The summed E-state index contributed by atoms with van der Waals surface area (Å²) < 4.78 is 5.45. The van der Waals surface area contributed by atoms with Gasteiger partial charge in [-0.25, -0.2) is 4.79 Å². The van der Waals surface area contributed by atoms with Crippen molar-refractivity contribution in [2.75, 3.05) is 40.3 Å². The Morgan fingerprint density at radius 3 is 2.54 bits per heavy atom. The summed E-state index contributed by atoms with van der Waals surface area (Å²) >= 11 is 0. The Hall–Kier alpha value is -1.59. The maximum atomic E-state index is 12.2. The number of carbonyl (C=O) groups excluding carboxylic acids is 1. The molecule has 1 heterocycles. The van der Waals surface area contributed by atoms with Gasteiger partial charge in [0.1, 0.15) is 5.60 Å². The van der Waals surface area contributed by atoms with Crippen LogP contribution in [0.15, 0.2) is 30.3 Å². The van der Waals surface area contributed by atoms with Gasteiger partial charge in [0, 0.05) is 45.8 Å². The number of hydrogen-bond acceptors (Lipinski definition) is 4. The Labute approximate surface area is 146 Å². The zero-order valence-corrected chi connectivity index (χ0v) is 15.7. The highest BCUT2D eigenvalue weighted by atomic mass is 16.6. The number of amides is 1. The first-order valence-electron chi connectivity index (χ1n) is 8.65. The van der Waals surface area contributed by atoms with Gasteiger partial charge in [0.05, 0.1) is 0 Å². The summed E-state index contributed by atoms with van der Waals surface area (Å²) in [5, 5.41) is 0. The molecule has 0 aromatic heterocycles. The van der Waals surface area contributed by atoms with E-state index in [-0.39, 0.29) is 6.09 Å². The molecule has 0 bridgehead atoms. The van der Waals surface area contributed by atoms with Crippen molar-refractivity contribution >= 4 is 6.09 Å². The Morgan fingerprint density at radius 2 is 1.92 bits per heavy atom. The number of benzene rings is 1. The lowest BCUT2D eigenvalue weighted by Gasteiger charge is -2.41. The molecule has 5 nitrogen and oxygen atoms in total. The van der Waals surface area contributed by atoms with Crippen molar-refractivity contribution in [1.82, 2.24) is 14.7 Å². The fourth-order valence-electron chi connectivity index (χ4n) is 2.92. The van der Waals surface area contributed by atoms with Gasteiger partial charge in [-0.05, 0) is 33.4 Å². The lowest BCUT2D eigenvalue weighted by Crippen LogP contribution is -2.55. The standard InChI is InChI=1S/C19H31N3O2/c1-19(2,3)24-18(23)21(5)14-17-15-22(12-11-20(17)4)13-16-9-7-6-8-10-16/h6-10,17H,11-15H2,1-5H3/t17-/m0/s1. The average Bonchev–Trinajstić information content (AvgIpc) is 2.50. The van der Waals surface area contributed by atoms with Gasteiger partial charge in [-0.3, -0.25) is 9.80 Å². The van der Waals surface area contributed by atoms with Crippen LogP contribution in [-0.4, -0.2) is 72.7 Å². The molecule has 1 atom stereocenters. The predicted molar refractivity (Wildman–Crippen MR) is 97.0 cm³/mol. The minimum Gasteiger partial charge on any atom is -0.444 e. The number of rotatable bonds is 4. The Bertz CT molecular complexity index is 527. The van der Waals surface area contributed by atoms with Crippen LogP contribution in [0.3, 0.4) is 0 Å². The molecular formula is C19H31N3O2. The van der Waals surface area contributed by atoms with E-state index in [1.807, 2.05) is 33.9 Å². The first-order chi connectivity index (χ1) is 11.2. The molecule has 0 saturated carbocycles. The van der Waals surface area contributed by atoms with E-state index in [4.69, 9.17) is 4.74 Å². The monoisotopic (exact) mass is 333 g/mol. The zero-order chi connectivity index (χ0) is 17.7. The fourth-order valence-corrected chi connectivity index (χ4v) is 2.92. The summed E-state index contributed by atoms with van der Waals surface area (Å²) in [6.45, 7) is 10.3. The van der Waals surface area contributed by atoms with Crippen LogP contribution in [-0.2, 0) is 11.3 Å². The molecule has 0 aliphatic carbocycles. The molecule has 134 valence electrons. The highest BCUT2D eigenvalue weighted by molar-refractivity contribution is 5.67. The summed E-state index contributed by atoms with van der Waals surface area (Å²) in [5.41, 5.74) is 0.879. The van der Waals surface area contributed by atoms with Gasteiger partial charge in [-0.1, -0.05) is 30.3 Å². The first-order valence-corrected chi connectivity index (χ1v) is 8.65. The molecule has 0 spiro atoms. The van der Waals surface area contributed by atoms with Crippen molar-refractivity contribution in [2.45, 2.75) is 39.0 Å². The molecular weight excluding hydrogens is 302 g/mol.